The first kappa shape index (κ1) is 17.7. The van der Waals surface area contributed by atoms with Gasteiger partial charge in [0, 0.05) is 6.54 Å². The zero-order chi connectivity index (χ0) is 17.2. The molecule has 0 amide bonds. The molecule has 0 aromatic heterocycles. The fraction of sp³-hybridized carbons (Fsp3) is 0.625. The molecule has 0 N–H and O–H groups in total. The smallest absolute Gasteiger partial charge is 0.573 e. The fourth-order valence-corrected chi connectivity index (χ4v) is 5.07. The number of hydrogen-bond acceptors (Lipinski definition) is 4. The van der Waals surface area contributed by atoms with Gasteiger partial charge >= 0.3 is 6.36 Å². The molecule has 134 valence electrons. The molecule has 24 heavy (non-hydrogen) atoms. The van der Waals surface area contributed by atoms with Gasteiger partial charge < -0.3 is 14.0 Å². The van der Waals surface area contributed by atoms with E-state index in [0.29, 0.717) is 17.8 Å². The van der Waals surface area contributed by atoms with Crippen molar-refractivity contribution in [3.63, 3.8) is 0 Å². The minimum absolute atomic E-state index is 0.255. The van der Waals surface area contributed by atoms with Gasteiger partial charge in [-0.25, -0.2) is 0 Å². The van der Waals surface area contributed by atoms with Crippen LogP contribution in [-0.2, 0) is 11.2 Å². The molecule has 2 saturated heterocycles. The second-order valence-electron chi connectivity index (χ2n) is 6.44. The Morgan fingerprint density at radius 3 is 2.21 bits per heavy atom. The van der Waals surface area contributed by atoms with Crippen LogP contribution < -0.4 is 9.47 Å². The van der Waals surface area contributed by atoms with E-state index in [4.69, 9.17) is 4.74 Å². The normalized spacial score (nSPS) is 21.5. The number of ether oxygens (including phenoxy) is 2. The molecule has 1 spiro atoms. The number of benzene rings is 1. The topological polar surface area (TPSA) is 44.8 Å². The zero-order valence-electron chi connectivity index (χ0n) is 13.2. The highest BCUT2D eigenvalue weighted by Gasteiger charge is 2.49. The standard InChI is InChI=1S/C16H20F3NO3S/c17-16(18,19)23-14-3-1-13(2-4-14)22-10-9-20-7-5-15(6-8-20)11-24(21)12-15/h1-4H,5-12H2. The van der Waals surface area contributed by atoms with E-state index in [-0.39, 0.29) is 5.75 Å². The number of likely N-dealkylation sites (tertiary alicyclic amines) is 1. The number of halogens is 3. The average molecular weight is 363 g/mol. The summed E-state index contributed by atoms with van der Waals surface area (Å²) in [6.45, 7) is 3.23. The van der Waals surface area contributed by atoms with Crippen LogP contribution in [0.3, 0.4) is 0 Å². The summed E-state index contributed by atoms with van der Waals surface area (Å²) in [5.74, 6) is 1.97. The summed E-state index contributed by atoms with van der Waals surface area (Å²) in [7, 11) is 0. The van der Waals surface area contributed by atoms with Crippen molar-refractivity contribution in [1.82, 2.24) is 4.90 Å². The van der Waals surface area contributed by atoms with Crippen LogP contribution in [0.4, 0.5) is 13.2 Å². The summed E-state index contributed by atoms with van der Waals surface area (Å²) in [4.78, 5) is 2.31. The molecule has 2 heterocycles. The van der Waals surface area contributed by atoms with Gasteiger partial charge in [0.1, 0.15) is 29.6 Å². The second kappa shape index (κ2) is 7.01. The third-order valence-electron chi connectivity index (χ3n) is 4.58. The number of rotatable bonds is 5. The Morgan fingerprint density at radius 1 is 1.08 bits per heavy atom. The van der Waals surface area contributed by atoms with Gasteiger partial charge in [-0.3, -0.25) is 4.90 Å². The molecule has 3 rings (SSSR count). The SMILES string of the molecule is [O-][S+]1CC2(CCN(CCOc3ccc(OC(F)(F)F)cc3)CC2)C1. The largest absolute Gasteiger partial charge is 0.616 e. The van der Waals surface area contributed by atoms with Gasteiger partial charge in [0.15, 0.2) is 0 Å². The van der Waals surface area contributed by atoms with E-state index in [9.17, 15) is 17.7 Å². The van der Waals surface area contributed by atoms with Crippen LogP contribution in [0.2, 0.25) is 0 Å². The summed E-state index contributed by atoms with van der Waals surface area (Å²) < 4.78 is 56.9. The molecule has 2 aliphatic rings. The van der Waals surface area contributed by atoms with Gasteiger partial charge in [0.25, 0.3) is 0 Å². The van der Waals surface area contributed by atoms with Gasteiger partial charge in [-0.05, 0) is 50.2 Å². The second-order valence-corrected chi connectivity index (χ2v) is 7.89. The van der Waals surface area contributed by atoms with Crippen molar-refractivity contribution < 1.29 is 27.2 Å². The summed E-state index contributed by atoms with van der Waals surface area (Å²) in [6.07, 6.45) is -2.51. The Kier molecular flexibility index (Phi) is 5.17. The summed E-state index contributed by atoms with van der Waals surface area (Å²) >= 11 is -0.603. The third kappa shape index (κ3) is 4.70. The van der Waals surface area contributed by atoms with E-state index in [1.54, 1.807) is 0 Å². The monoisotopic (exact) mass is 363 g/mol. The minimum atomic E-state index is -4.68. The van der Waals surface area contributed by atoms with Crippen LogP contribution in [0.25, 0.3) is 0 Å². The van der Waals surface area contributed by atoms with Crippen LogP contribution >= 0.6 is 0 Å². The summed E-state index contributed by atoms with van der Waals surface area (Å²) in [5.41, 5.74) is 0.316. The predicted octanol–water partition coefficient (Wildman–Crippen LogP) is 2.81. The summed E-state index contributed by atoms with van der Waals surface area (Å²) in [5, 5.41) is 0. The van der Waals surface area contributed by atoms with Gasteiger partial charge in [-0.15, -0.1) is 13.2 Å². The van der Waals surface area contributed by atoms with Crippen molar-refractivity contribution in [2.75, 3.05) is 37.7 Å². The van der Waals surface area contributed by atoms with E-state index in [2.05, 4.69) is 9.64 Å². The van der Waals surface area contributed by atoms with Crippen molar-refractivity contribution in [3.8, 4) is 11.5 Å². The molecule has 0 atom stereocenters. The van der Waals surface area contributed by atoms with Crippen LogP contribution in [0.1, 0.15) is 12.8 Å². The number of piperidine rings is 1. The molecule has 2 fully saturated rings. The van der Waals surface area contributed by atoms with Gasteiger partial charge in [0.05, 0.1) is 5.41 Å². The Labute approximate surface area is 142 Å². The Morgan fingerprint density at radius 2 is 1.67 bits per heavy atom. The Balaban J connectivity index is 1.36. The Hall–Kier alpha value is -1.12. The lowest BCUT2D eigenvalue weighted by Gasteiger charge is -2.47. The molecule has 2 aliphatic heterocycles. The van der Waals surface area contributed by atoms with Gasteiger partial charge in [-0.2, -0.15) is 0 Å². The van der Waals surface area contributed by atoms with Crippen LogP contribution in [0, 0.1) is 5.41 Å². The van der Waals surface area contributed by atoms with Gasteiger partial charge in [0.2, 0.25) is 0 Å². The number of alkyl halides is 3. The molecule has 8 heteroatoms. The van der Waals surface area contributed by atoms with Crippen molar-refractivity contribution in [2.45, 2.75) is 19.2 Å². The molecule has 0 saturated carbocycles. The lowest BCUT2D eigenvalue weighted by atomic mass is 9.81. The maximum atomic E-state index is 12.1. The van der Waals surface area contributed by atoms with Gasteiger partial charge in [-0.1, -0.05) is 11.2 Å². The van der Waals surface area contributed by atoms with Crippen molar-refractivity contribution in [1.29, 1.82) is 0 Å². The van der Waals surface area contributed by atoms with E-state index in [1.807, 2.05) is 0 Å². The Bertz CT molecular complexity index is 536. The van der Waals surface area contributed by atoms with E-state index >= 15 is 0 Å². The molecule has 0 bridgehead atoms. The number of hydrogen-bond donors (Lipinski definition) is 0. The lowest BCUT2D eigenvalue weighted by molar-refractivity contribution is -0.274. The molecule has 4 nitrogen and oxygen atoms in total. The fourth-order valence-electron chi connectivity index (χ4n) is 3.21. The highest BCUT2D eigenvalue weighted by atomic mass is 32.2. The average Bonchev–Trinajstić information content (AvgIpc) is 2.48. The van der Waals surface area contributed by atoms with Crippen LogP contribution in [-0.4, -0.2) is 53.6 Å². The third-order valence-corrected chi connectivity index (χ3v) is 6.45. The first-order chi connectivity index (χ1) is 11.3. The lowest BCUT2D eigenvalue weighted by Crippen LogP contribution is -2.54. The van der Waals surface area contributed by atoms with Crippen molar-refractivity contribution in [3.05, 3.63) is 24.3 Å². The summed E-state index contributed by atoms with van der Waals surface area (Å²) in [6, 6.07) is 5.42. The van der Waals surface area contributed by atoms with Crippen LogP contribution in [0.5, 0.6) is 11.5 Å². The van der Waals surface area contributed by atoms with Crippen molar-refractivity contribution in [2.24, 2.45) is 5.41 Å². The minimum Gasteiger partial charge on any atom is -0.616 e. The van der Waals surface area contributed by atoms with E-state index < -0.39 is 17.5 Å². The zero-order valence-corrected chi connectivity index (χ0v) is 14.0. The van der Waals surface area contributed by atoms with Crippen molar-refractivity contribution >= 4 is 11.2 Å². The molecule has 1 aromatic rings. The molecular weight excluding hydrogens is 343 g/mol. The molecule has 0 radical (unpaired) electrons. The predicted molar refractivity (Wildman–Crippen MR) is 84.6 cm³/mol. The first-order valence-corrected chi connectivity index (χ1v) is 9.38. The van der Waals surface area contributed by atoms with E-state index in [1.165, 1.54) is 24.3 Å². The highest BCUT2D eigenvalue weighted by Crippen LogP contribution is 2.42. The molecule has 0 aliphatic carbocycles. The maximum Gasteiger partial charge on any atom is 0.573 e. The number of nitrogens with zero attached hydrogens (tertiary/aromatic N) is 1. The highest BCUT2D eigenvalue weighted by molar-refractivity contribution is 7.92. The molecular formula is C16H20F3NO3S. The molecule has 1 aromatic carbocycles. The molecule has 0 unspecified atom stereocenters. The maximum absolute atomic E-state index is 12.1. The van der Waals surface area contributed by atoms with Crippen LogP contribution in [0.15, 0.2) is 24.3 Å². The quantitative estimate of drug-likeness (QED) is 0.755. The first-order valence-electron chi connectivity index (χ1n) is 7.90. The van der Waals surface area contributed by atoms with E-state index in [0.717, 1.165) is 44.0 Å².